The van der Waals surface area contributed by atoms with E-state index < -0.39 is 0 Å². The van der Waals surface area contributed by atoms with Crippen LogP contribution in [0.15, 0.2) is 66.9 Å². The van der Waals surface area contributed by atoms with Crippen molar-refractivity contribution in [1.82, 2.24) is 14.9 Å². The van der Waals surface area contributed by atoms with Crippen LogP contribution in [-0.2, 0) is 0 Å². The van der Waals surface area contributed by atoms with Crippen LogP contribution in [-0.4, -0.2) is 27.3 Å². The van der Waals surface area contributed by atoms with E-state index in [1.54, 1.807) is 12.3 Å². The molecule has 3 aromatic rings. The molecule has 1 aliphatic rings. The molecule has 2 aromatic heterocycles. The van der Waals surface area contributed by atoms with Crippen molar-refractivity contribution in [3.63, 3.8) is 0 Å². The molecule has 1 amide bonds. The molecule has 0 radical (unpaired) electrons. The van der Waals surface area contributed by atoms with Crippen molar-refractivity contribution >= 4 is 5.91 Å². The molecule has 1 unspecified atom stereocenters. The maximum atomic E-state index is 12.9. The first-order valence-electron chi connectivity index (χ1n) is 8.98. The molecule has 26 heavy (non-hydrogen) atoms. The van der Waals surface area contributed by atoms with Crippen LogP contribution in [0.2, 0.25) is 0 Å². The molecule has 1 atom stereocenters. The predicted octanol–water partition coefficient (Wildman–Crippen LogP) is 4.43. The summed E-state index contributed by atoms with van der Waals surface area (Å²) in [6, 6.07) is 20.0. The third kappa shape index (κ3) is 3.23. The number of nitrogens with zero attached hydrogens (tertiary/aromatic N) is 3. The highest BCUT2D eigenvalue weighted by atomic mass is 16.2. The van der Waals surface area contributed by atoms with E-state index >= 15 is 0 Å². The molecule has 1 aromatic carbocycles. The second-order valence-corrected chi connectivity index (χ2v) is 6.66. The lowest BCUT2D eigenvalue weighted by atomic mass is 10.0. The number of likely N-dealkylation sites (tertiary alicyclic amines) is 1. The van der Waals surface area contributed by atoms with Gasteiger partial charge in [-0.15, -0.1) is 0 Å². The minimum atomic E-state index is -0.0160. The minimum Gasteiger partial charge on any atom is -0.329 e. The number of carbonyl (C=O) groups is 1. The van der Waals surface area contributed by atoms with Crippen LogP contribution in [0.25, 0.3) is 11.1 Å². The van der Waals surface area contributed by atoms with Crippen LogP contribution in [0.5, 0.6) is 0 Å². The summed E-state index contributed by atoms with van der Waals surface area (Å²) in [6.07, 6.45) is 3.58. The van der Waals surface area contributed by atoms with Crippen molar-refractivity contribution < 1.29 is 4.79 Å². The number of amides is 1. The van der Waals surface area contributed by atoms with Crippen LogP contribution in [0.3, 0.4) is 0 Å². The van der Waals surface area contributed by atoms with Crippen LogP contribution in [0, 0.1) is 6.92 Å². The van der Waals surface area contributed by atoms with Crippen molar-refractivity contribution in [2.24, 2.45) is 0 Å². The lowest BCUT2D eigenvalue weighted by Gasteiger charge is -2.24. The summed E-state index contributed by atoms with van der Waals surface area (Å²) < 4.78 is 0. The average Bonchev–Trinajstić information content (AvgIpc) is 3.18. The monoisotopic (exact) mass is 343 g/mol. The van der Waals surface area contributed by atoms with E-state index in [1.807, 2.05) is 42.2 Å². The van der Waals surface area contributed by atoms with Gasteiger partial charge in [-0.3, -0.25) is 14.8 Å². The molecule has 4 heteroatoms. The van der Waals surface area contributed by atoms with Gasteiger partial charge in [-0.25, -0.2) is 0 Å². The zero-order valence-electron chi connectivity index (χ0n) is 14.8. The van der Waals surface area contributed by atoms with Gasteiger partial charge in [-0.05, 0) is 55.2 Å². The zero-order valence-corrected chi connectivity index (χ0v) is 14.8. The number of aryl methyl sites for hydroxylation is 1. The van der Waals surface area contributed by atoms with Gasteiger partial charge in [0, 0.05) is 18.4 Å². The maximum absolute atomic E-state index is 12.9. The Bertz CT molecular complexity index is 909. The maximum Gasteiger partial charge on any atom is 0.273 e. The fraction of sp³-hybridized carbons (Fsp3) is 0.227. The van der Waals surface area contributed by atoms with Crippen molar-refractivity contribution in [3.05, 3.63) is 83.9 Å². The largest absolute Gasteiger partial charge is 0.329 e. The third-order valence-corrected chi connectivity index (χ3v) is 4.82. The summed E-state index contributed by atoms with van der Waals surface area (Å²) in [5, 5.41) is 0. The molecule has 4 nitrogen and oxygen atoms in total. The predicted molar refractivity (Wildman–Crippen MR) is 102 cm³/mol. The first kappa shape index (κ1) is 16.5. The molecule has 0 aliphatic carbocycles. The van der Waals surface area contributed by atoms with Crippen LogP contribution in [0.4, 0.5) is 0 Å². The first-order valence-corrected chi connectivity index (χ1v) is 8.98. The number of rotatable bonds is 3. The van der Waals surface area contributed by atoms with Crippen molar-refractivity contribution in [2.75, 3.05) is 6.54 Å². The van der Waals surface area contributed by atoms with Gasteiger partial charge in [-0.2, -0.15) is 0 Å². The molecule has 1 aliphatic heterocycles. The van der Waals surface area contributed by atoms with Gasteiger partial charge in [0.1, 0.15) is 5.69 Å². The number of aromatic nitrogens is 2. The Morgan fingerprint density at radius 2 is 1.85 bits per heavy atom. The van der Waals surface area contributed by atoms with Crippen LogP contribution in [0.1, 0.15) is 40.8 Å². The summed E-state index contributed by atoms with van der Waals surface area (Å²) in [6.45, 7) is 2.76. The normalized spacial score (nSPS) is 16.7. The lowest BCUT2D eigenvalue weighted by molar-refractivity contribution is 0.0727. The second kappa shape index (κ2) is 7.08. The van der Waals surface area contributed by atoms with Crippen molar-refractivity contribution in [2.45, 2.75) is 25.8 Å². The topological polar surface area (TPSA) is 46.1 Å². The number of carbonyl (C=O) groups excluding carboxylic acids is 1. The van der Waals surface area contributed by atoms with Crippen molar-refractivity contribution in [1.29, 1.82) is 0 Å². The van der Waals surface area contributed by atoms with Crippen LogP contribution < -0.4 is 0 Å². The molecule has 130 valence electrons. The summed E-state index contributed by atoms with van der Waals surface area (Å²) >= 11 is 0. The van der Waals surface area contributed by atoms with Crippen molar-refractivity contribution in [3.8, 4) is 11.1 Å². The number of pyridine rings is 2. The molecule has 0 spiro atoms. The van der Waals surface area contributed by atoms with Gasteiger partial charge in [0.05, 0.1) is 11.7 Å². The summed E-state index contributed by atoms with van der Waals surface area (Å²) in [5.41, 5.74) is 4.74. The fourth-order valence-corrected chi connectivity index (χ4v) is 3.62. The molecule has 0 N–H and O–H groups in total. The molecular formula is C22H21N3O. The Balaban J connectivity index is 1.68. The number of hydrogen-bond acceptors (Lipinski definition) is 3. The molecule has 0 bridgehead atoms. The van der Waals surface area contributed by atoms with E-state index in [-0.39, 0.29) is 11.9 Å². The summed E-state index contributed by atoms with van der Waals surface area (Å²) in [7, 11) is 0. The van der Waals surface area contributed by atoms with Gasteiger partial charge in [0.15, 0.2) is 0 Å². The van der Waals surface area contributed by atoms with E-state index in [2.05, 4.69) is 29.2 Å². The molecule has 4 rings (SSSR count). The van der Waals surface area contributed by atoms with Crippen LogP contribution >= 0.6 is 0 Å². The van der Waals surface area contributed by atoms with Gasteiger partial charge in [0.25, 0.3) is 5.91 Å². The highest BCUT2D eigenvalue weighted by Crippen LogP contribution is 2.34. The Hall–Kier alpha value is -3.01. The van der Waals surface area contributed by atoms with Gasteiger partial charge < -0.3 is 4.90 Å². The van der Waals surface area contributed by atoms with E-state index in [0.29, 0.717) is 5.69 Å². The smallest absolute Gasteiger partial charge is 0.273 e. The van der Waals surface area contributed by atoms with E-state index in [9.17, 15) is 4.79 Å². The van der Waals surface area contributed by atoms with Gasteiger partial charge in [0.2, 0.25) is 0 Å². The highest BCUT2D eigenvalue weighted by molar-refractivity contribution is 5.92. The molecule has 1 fully saturated rings. The minimum absolute atomic E-state index is 0.00636. The Labute approximate surface area is 153 Å². The van der Waals surface area contributed by atoms with E-state index in [1.165, 1.54) is 5.56 Å². The zero-order chi connectivity index (χ0) is 17.9. The molecular weight excluding hydrogens is 322 g/mol. The van der Waals surface area contributed by atoms with E-state index in [4.69, 9.17) is 4.98 Å². The lowest BCUT2D eigenvalue weighted by Crippen LogP contribution is -2.31. The fourth-order valence-electron chi connectivity index (χ4n) is 3.62. The second-order valence-electron chi connectivity index (χ2n) is 6.66. The summed E-state index contributed by atoms with van der Waals surface area (Å²) in [4.78, 5) is 23.8. The molecule has 1 saturated heterocycles. The number of benzene rings is 1. The molecule has 3 heterocycles. The van der Waals surface area contributed by atoms with Gasteiger partial charge >= 0.3 is 0 Å². The third-order valence-electron chi connectivity index (χ3n) is 4.82. The van der Waals surface area contributed by atoms with Gasteiger partial charge in [-0.1, -0.05) is 36.4 Å². The highest BCUT2D eigenvalue weighted by Gasteiger charge is 2.32. The SMILES string of the molecule is Cc1cc(-c2ccccc2)cc(C2CCCN2C(=O)c2ccccn2)n1. The Morgan fingerprint density at radius 3 is 2.62 bits per heavy atom. The molecule has 0 saturated carbocycles. The number of hydrogen-bond donors (Lipinski definition) is 0. The Kier molecular flexibility index (Phi) is 4.48. The Morgan fingerprint density at radius 1 is 1.04 bits per heavy atom. The average molecular weight is 343 g/mol. The van der Waals surface area contributed by atoms with E-state index in [0.717, 1.165) is 36.3 Å². The standard InChI is InChI=1S/C22H21N3O/c1-16-14-18(17-8-3-2-4-9-17)15-20(24-16)21-11-7-13-25(21)22(26)19-10-5-6-12-23-19/h2-6,8-10,12,14-15,21H,7,11,13H2,1H3. The summed E-state index contributed by atoms with van der Waals surface area (Å²) in [5.74, 6) is -0.0160. The first-order chi connectivity index (χ1) is 12.7. The quantitative estimate of drug-likeness (QED) is 0.707.